The second-order valence-corrected chi connectivity index (χ2v) is 9.50. The smallest absolute Gasteiger partial charge is 0.156 e. The Morgan fingerprint density at radius 3 is 1.96 bits per heavy atom. The molecule has 144 valence electrons. The third-order valence-electron chi connectivity index (χ3n) is 4.79. The van der Waals surface area contributed by atoms with E-state index in [0.29, 0.717) is 17.9 Å². The molecule has 1 fully saturated rings. The zero-order chi connectivity index (χ0) is 17.2. The van der Waals surface area contributed by atoms with E-state index in [-0.39, 0.29) is 28.9 Å². The van der Waals surface area contributed by atoms with Crippen molar-refractivity contribution in [1.82, 2.24) is 12.3 Å². The molecule has 0 radical (unpaired) electrons. The Balaban J connectivity index is 0. The molecule has 5 nitrogen and oxygen atoms in total. The summed E-state index contributed by atoms with van der Waals surface area (Å²) in [6.45, 7) is 13.9. The molecule has 0 bridgehead atoms. The van der Waals surface area contributed by atoms with Crippen molar-refractivity contribution in [2.45, 2.75) is 79.7 Å². The van der Waals surface area contributed by atoms with Crippen LogP contribution >= 0.6 is 0 Å². The van der Waals surface area contributed by atoms with Crippen LogP contribution < -0.4 is 23.8 Å². The molecule has 5 heteroatoms. The summed E-state index contributed by atoms with van der Waals surface area (Å²) in [4.78, 5) is 11.0. The maximum atomic E-state index is 11.0. The average molecular weight is 343 g/mol. The summed E-state index contributed by atoms with van der Waals surface area (Å²) in [6.07, 6.45) is 6.99. The van der Waals surface area contributed by atoms with Crippen molar-refractivity contribution >= 4 is 5.78 Å². The monoisotopic (exact) mass is 342 g/mol. The van der Waals surface area contributed by atoms with Crippen LogP contribution in [0.4, 0.5) is 0 Å². The fraction of sp³-hybridized carbons (Fsp3) is 0.842. The molecule has 2 atom stereocenters. The number of allylic oxidation sites excluding steroid dienone is 2. The molecular weight excluding hydrogens is 300 g/mol. The van der Waals surface area contributed by atoms with Crippen LogP contribution in [-0.2, 0) is 4.79 Å². The lowest BCUT2D eigenvalue weighted by atomic mass is 9.63. The predicted molar refractivity (Wildman–Crippen MR) is 105 cm³/mol. The summed E-state index contributed by atoms with van der Waals surface area (Å²) in [5, 5.41) is 0. The highest BCUT2D eigenvalue weighted by Crippen LogP contribution is 2.44. The van der Waals surface area contributed by atoms with Gasteiger partial charge in [0.05, 0.1) is 0 Å². The van der Waals surface area contributed by atoms with Gasteiger partial charge in [0.1, 0.15) is 0 Å². The minimum Gasteiger partial charge on any atom is -0.344 e. The number of hydrogen-bond acceptors (Lipinski definition) is 5. The molecule has 2 aliphatic rings. The third kappa shape index (κ3) is 8.38. The molecule has 10 N–H and O–H groups in total. The van der Waals surface area contributed by atoms with Gasteiger partial charge in [-0.2, -0.15) is 0 Å². The lowest BCUT2D eigenvalue weighted by Gasteiger charge is -2.45. The van der Waals surface area contributed by atoms with Gasteiger partial charge in [0.15, 0.2) is 5.78 Å². The summed E-state index contributed by atoms with van der Waals surface area (Å²) in [5.41, 5.74) is 13.9. The molecule has 0 heterocycles. The SMILES string of the molecule is CC1(C)CC(N)CC(C)(CN)C1.CC1=CC(=O)CC(C)(C)C1.N.N. The summed E-state index contributed by atoms with van der Waals surface area (Å²) in [6, 6.07) is 0.349. The largest absolute Gasteiger partial charge is 0.344 e. The van der Waals surface area contributed by atoms with E-state index in [0.717, 1.165) is 25.8 Å². The highest BCUT2D eigenvalue weighted by Gasteiger charge is 2.38. The topological polar surface area (TPSA) is 139 Å². The summed E-state index contributed by atoms with van der Waals surface area (Å²) in [5.74, 6) is 0.286. The van der Waals surface area contributed by atoms with Gasteiger partial charge in [-0.1, -0.05) is 40.2 Å². The molecule has 0 aromatic heterocycles. The molecule has 24 heavy (non-hydrogen) atoms. The van der Waals surface area contributed by atoms with Crippen molar-refractivity contribution < 1.29 is 4.79 Å². The van der Waals surface area contributed by atoms with Gasteiger partial charge in [-0.25, -0.2) is 0 Å². The van der Waals surface area contributed by atoms with E-state index in [4.69, 9.17) is 11.5 Å². The van der Waals surface area contributed by atoms with Crippen molar-refractivity contribution in [3.05, 3.63) is 11.6 Å². The van der Waals surface area contributed by atoms with Crippen molar-refractivity contribution in [3.63, 3.8) is 0 Å². The Kier molecular flexibility index (Phi) is 9.65. The van der Waals surface area contributed by atoms with Gasteiger partial charge in [-0.3, -0.25) is 4.79 Å². The molecule has 0 aliphatic heterocycles. The van der Waals surface area contributed by atoms with Crippen LogP contribution in [0.1, 0.15) is 73.6 Å². The molecule has 2 rings (SSSR count). The van der Waals surface area contributed by atoms with Crippen LogP contribution in [0.15, 0.2) is 11.6 Å². The van der Waals surface area contributed by atoms with Gasteiger partial charge in [0.2, 0.25) is 0 Å². The maximum Gasteiger partial charge on any atom is 0.156 e. The Hall–Kier alpha value is -0.750. The Morgan fingerprint density at radius 1 is 1.04 bits per heavy atom. The van der Waals surface area contributed by atoms with Crippen LogP contribution in [0.5, 0.6) is 0 Å². The lowest BCUT2D eigenvalue weighted by Crippen LogP contribution is -2.45. The van der Waals surface area contributed by atoms with Crippen LogP contribution in [0.25, 0.3) is 0 Å². The second kappa shape index (κ2) is 9.09. The Labute approximate surface area is 149 Å². The molecule has 0 amide bonds. The minimum atomic E-state index is 0. The van der Waals surface area contributed by atoms with Crippen LogP contribution in [0.3, 0.4) is 0 Å². The molecule has 0 aromatic carbocycles. The quantitative estimate of drug-likeness (QED) is 0.567. The summed E-state index contributed by atoms with van der Waals surface area (Å²) in [7, 11) is 0. The lowest BCUT2D eigenvalue weighted by molar-refractivity contribution is -0.117. The molecule has 0 spiro atoms. The number of carbonyl (C=O) groups excluding carboxylic acids is 1. The first-order valence-electron chi connectivity index (χ1n) is 8.52. The zero-order valence-electron chi connectivity index (χ0n) is 16.9. The second-order valence-electron chi connectivity index (χ2n) is 9.50. The van der Waals surface area contributed by atoms with E-state index in [1.54, 1.807) is 6.08 Å². The van der Waals surface area contributed by atoms with E-state index in [9.17, 15) is 4.79 Å². The predicted octanol–water partition coefficient (Wildman–Crippen LogP) is 4.13. The van der Waals surface area contributed by atoms with Crippen molar-refractivity contribution in [3.8, 4) is 0 Å². The van der Waals surface area contributed by atoms with E-state index < -0.39 is 0 Å². The van der Waals surface area contributed by atoms with E-state index in [2.05, 4.69) is 34.6 Å². The molecule has 2 unspecified atom stereocenters. The first kappa shape index (κ1) is 25.5. The molecule has 1 saturated carbocycles. The van der Waals surface area contributed by atoms with Gasteiger partial charge in [0, 0.05) is 12.5 Å². The van der Waals surface area contributed by atoms with Gasteiger partial charge in [-0.05, 0) is 61.5 Å². The van der Waals surface area contributed by atoms with Crippen molar-refractivity contribution in [2.24, 2.45) is 27.7 Å². The number of nitrogens with two attached hydrogens (primary N) is 2. The molecule has 0 saturated heterocycles. The van der Waals surface area contributed by atoms with Gasteiger partial charge in [-0.15, -0.1) is 0 Å². The maximum absolute atomic E-state index is 11.0. The van der Waals surface area contributed by atoms with Gasteiger partial charge in [0.25, 0.3) is 0 Å². The molecule has 2 aliphatic carbocycles. The number of rotatable bonds is 1. The minimum absolute atomic E-state index is 0. The standard InChI is InChI=1S/C10H22N2.C9H14O.2H3N/c1-9(2)4-8(12)5-10(3,6-9)7-11;1-7-4-8(10)6-9(2,3)5-7;;/h8H,4-7,11-12H2,1-3H3;4H,5-6H2,1-3H3;2*1H3. The zero-order valence-corrected chi connectivity index (χ0v) is 16.9. The number of carbonyl (C=O) groups is 1. The first-order valence-corrected chi connectivity index (χ1v) is 8.52. The first-order chi connectivity index (χ1) is 9.86. The van der Waals surface area contributed by atoms with Crippen molar-refractivity contribution in [2.75, 3.05) is 6.54 Å². The van der Waals surface area contributed by atoms with Gasteiger partial charge < -0.3 is 23.8 Å². The molecule has 0 aromatic rings. The molecular formula is C19H42N4O. The van der Waals surface area contributed by atoms with E-state index in [1.165, 1.54) is 12.0 Å². The summed E-state index contributed by atoms with van der Waals surface area (Å²) >= 11 is 0. The average Bonchev–Trinajstić information content (AvgIpc) is 2.22. The third-order valence-corrected chi connectivity index (χ3v) is 4.79. The Morgan fingerprint density at radius 2 is 1.58 bits per heavy atom. The fourth-order valence-corrected chi connectivity index (χ4v) is 4.54. The fourth-order valence-electron chi connectivity index (χ4n) is 4.54. The highest BCUT2D eigenvalue weighted by atomic mass is 16.1. The number of ketones is 1. The van der Waals surface area contributed by atoms with Gasteiger partial charge >= 0.3 is 0 Å². The van der Waals surface area contributed by atoms with E-state index >= 15 is 0 Å². The normalized spacial score (nSPS) is 30.8. The van der Waals surface area contributed by atoms with E-state index in [1.807, 2.05) is 6.92 Å². The Bertz CT molecular complexity index is 443. The number of hydrogen-bond donors (Lipinski definition) is 4. The van der Waals surface area contributed by atoms with Crippen molar-refractivity contribution in [1.29, 1.82) is 0 Å². The van der Waals surface area contributed by atoms with Crippen LogP contribution in [0, 0.1) is 16.2 Å². The highest BCUT2D eigenvalue weighted by molar-refractivity contribution is 5.91. The van der Waals surface area contributed by atoms with Crippen LogP contribution in [-0.4, -0.2) is 18.4 Å². The summed E-state index contributed by atoms with van der Waals surface area (Å²) < 4.78 is 0. The van der Waals surface area contributed by atoms with Crippen LogP contribution in [0.2, 0.25) is 0 Å².